The fraction of sp³-hybridized carbons (Fsp3) is 0.0833. The molecule has 13 nitrogen and oxygen atoms in total. The summed E-state index contributed by atoms with van der Waals surface area (Å²) >= 11 is 0. The van der Waals surface area contributed by atoms with Crippen molar-refractivity contribution in [2.24, 2.45) is 0 Å². The summed E-state index contributed by atoms with van der Waals surface area (Å²) in [6.45, 7) is -0.288. The van der Waals surface area contributed by atoms with Crippen LogP contribution in [0.25, 0.3) is 22.6 Å². The summed E-state index contributed by atoms with van der Waals surface area (Å²) in [7, 11) is 0. The van der Waals surface area contributed by atoms with Crippen molar-refractivity contribution in [2.75, 3.05) is 11.9 Å². The van der Waals surface area contributed by atoms with Crippen molar-refractivity contribution >= 4 is 45.9 Å². The fourth-order valence-electron chi connectivity index (χ4n) is 4.02. The Morgan fingerprint density at radius 1 is 0.946 bits per heavy atom. The number of benzene rings is 3. The molecule has 4 aromatic rings. The second-order valence-corrected chi connectivity index (χ2v) is 7.99. The van der Waals surface area contributed by atoms with Crippen molar-refractivity contribution in [3.8, 4) is 11.5 Å². The van der Waals surface area contributed by atoms with Crippen LogP contribution in [0.4, 0.5) is 17.1 Å². The molecule has 1 aromatic heterocycles. The van der Waals surface area contributed by atoms with E-state index >= 15 is 0 Å². The van der Waals surface area contributed by atoms with Crippen LogP contribution in [0.15, 0.2) is 65.1 Å². The van der Waals surface area contributed by atoms with Crippen molar-refractivity contribution in [3.05, 3.63) is 92.0 Å². The maximum absolute atomic E-state index is 12.7. The number of hydrogen-bond acceptors (Lipinski definition) is 9. The number of amides is 3. The van der Waals surface area contributed by atoms with Crippen LogP contribution in [0.3, 0.4) is 0 Å². The fourth-order valence-corrected chi connectivity index (χ4v) is 4.02. The molecule has 13 heteroatoms. The Kier molecular flexibility index (Phi) is 5.64. The van der Waals surface area contributed by atoms with E-state index in [-0.39, 0.29) is 41.2 Å². The maximum Gasteiger partial charge on any atom is 0.282 e. The van der Waals surface area contributed by atoms with Gasteiger partial charge in [0.1, 0.15) is 11.1 Å². The van der Waals surface area contributed by atoms with Gasteiger partial charge < -0.3 is 9.73 Å². The highest BCUT2D eigenvalue weighted by molar-refractivity contribution is 6.23. The number of nitro benzene ring substituents is 2. The summed E-state index contributed by atoms with van der Waals surface area (Å²) < 4.78 is 5.71. The summed E-state index contributed by atoms with van der Waals surface area (Å²) in [5.74, 6) is -1.96. The third kappa shape index (κ3) is 4.14. The molecular formula is C24H15N5O8. The predicted molar refractivity (Wildman–Crippen MR) is 128 cm³/mol. The first kappa shape index (κ1) is 23.3. The second kappa shape index (κ2) is 8.96. The first-order valence-electron chi connectivity index (χ1n) is 10.8. The van der Waals surface area contributed by atoms with Crippen molar-refractivity contribution < 1.29 is 28.6 Å². The maximum atomic E-state index is 12.7. The van der Waals surface area contributed by atoms with E-state index in [0.717, 1.165) is 11.0 Å². The van der Waals surface area contributed by atoms with Gasteiger partial charge in [0.2, 0.25) is 11.8 Å². The number of imide groups is 1. The topological polar surface area (TPSA) is 179 Å². The first-order chi connectivity index (χ1) is 17.7. The molecular weight excluding hydrogens is 486 g/mol. The summed E-state index contributed by atoms with van der Waals surface area (Å²) in [6.07, 6.45) is -0.270. The summed E-state index contributed by atoms with van der Waals surface area (Å²) in [6, 6.07) is 14.4. The van der Waals surface area contributed by atoms with Gasteiger partial charge in [0.25, 0.3) is 23.2 Å². The number of carbonyl (C=O) groups is 3. The predicted octanol–water partition coefficient (Wildman–Crippen LogP) is 3.94. The molecule has 184 valence electrons. The average molecular weight is 501 g/mol. The third-order valence-electron chi connectivity index (χ3n) is 5.75. The van der Waals surface area contributed by atoms with E-state index in [4.69, 9.17) is 4.42 Å². The summed E-state index contributed by atoms with van der Waals surface area (Å²) in [5.41, 5.74) is 0.331. The molecule has 0 radical (unpaired) electrons. The lowest BCUT2D eigenvalue weighted by Gasteiger charge is -2.14. The van der Waals surface area contributed by atoms with Gasteiger partial charge in [-0.25, -0.2) is 4.98 Å². The Hall–Kier alpha value is -5.46. The van der Waals surface area contributed by atoms with Gasteiger partial charge in [-0.3, -0.25) is 39.5 Å². The summed E-state index contributed by atoms with van der Waals surface area (Å²) in [5, 5.41) is 25.0. The van der Waals surface area contributed by atoms with Gasteiger partial charge >= 0.3 is 0 Å². The number of fused-ring (bicyclic) bond motifs is 2. The molecule has 0 fully saturated rings. The zero-order valence-corrected chi connectivity index (χ0v) is 18.7. The Labute approximate surface area is 206 Å². The van der Waals surface area contributed by atoms with E-state index in [2.05, 4.69) is 10.3 Å². The number of oxazole rings is 1. The van der Waals surface area contributed by atoms with Crippen molar-refractivity contribution in [2.45, 2.75) is 6.42 Å². The molecule has 2 heterocycles. The number of carbonyl (C=O) groups excluding carboxylic acids is 3. The van der Waals surface area contributed by atoms with Gasteiger partial charge in [-0.1, -0.05) is 18.2 Å². The van der Waals surface area contributed by atoms with Crippen LogP contribution in [0.1, 0.15) is 27.1 Å². The molecule has 0 saturated heterocycles. The van der Waals surface area contributed by atoms with E-state index < -0.39 is 33.3 Å². The zero-order chi connectivity index (χ0) is 26.3. The van der Waals surface area contributed by atoms with Gasteiger partial charge in [-0.05, 0) is 24.3 Å². The molecule has 0 unspecified atom stereocenters. The van der Waals surface area contributed by atoms with E-state index in [1.54, 1.807) is 24.3 Å². The minimum Gasteiger partial charge on any atom is -0.436 e. The van der Waals surface area contributed by atoms with Gasteiger partial charge in [0.05, 0.1) is 26.7 Å². The lowest BCUT2D eigenvalue weighted by molar-refractivity contribution is -0.385. The van der Waals surface area contributed by atoms with Gasteiger partial charge in [-0.15, -0.1) is 0 Å². The van der Waals surface area contributed by atoms with Crippen LogP contribution < -0.4 is 5.32 Å². The highest BCUT2D eigenvalue weighted by atomic mass is 16.6. The highest BCUT2D eigenvalue weighted by Crippen LogP contribution is 2.33. The number of nitrogens with one attached hydrogen (secondary N) is 1. The van der Waals surface area contributed by atoms with E-state index in [1.807, 2.05) is 0 Å². The molecule has 0 atom stereocenters. The first-order valence-corrected chi connectivity index (χ1v) is 10.8. The van der Waals surface area contributed by atoms with Crippen LogP contribution >= 0.6 is 0 Å². The molecule has 1 aliphatic heterocycles. The van der Waals surface area contributed by atoms with E-state index in [9.17, 15) is 34.6 Å². The van der Waals surface area contributed by atoms with Crippen molar-refractivity contribution in [1.29, 1.82) is 0 Å². The number of nitro groups is 2. The van der Waals surface area contributed by atoms with E-state index in [1.165, 1.54) is 30.3 Å². The number of nitrogens with zero attached hydrogens (tertiary/aromatic N) is 4. The van der Waals surface area contributed by atoms with Crippen molar-refractivity contribution in [1.82, 2.24) is 9.88 Å². The Morgan fingerprint density at radius 2 is 1.70 bits per heavy atom. The zero-order valence-electron chi connectivity index (χ0n) is 18.7. The Balaban J connectivity index is 1.32. The third-order valence-corrected chi connectivity index (χ3v) is 5.75. The Bertz CT molecular complexity index is 1640. The molecule has 1 aliphatic rings. The number of hydrogen-bond donors (Lipinski definition) is 1. The molecule has 1 N–H and O–H groups in total. The van der Waals surface area contributed by atoms with Gasteiger partial charge in [0, 0.05) is 31.2 Å². The molecule has 0 aliphatic carbocycles. The minimum absolute atomic E-state index is 0.0823. The minimum atomic E-state index is -0.832. The lowest BCUT2D eigenvalue weighted by Crippen LogP contribution is -2.33. The summed E-state index contributed by atoms with van der Waals surface area (Å²) in [4.78, 5) is 64.1. The molecule has 3 amide bonds. The highest BCUT2D eigenvalue weighted by Gasteiger charge is 2.40. The van der Waals surface area contributed by atoms with Gasteiger partial charge in [0.15, 0.2) is 5.58 Å². The van der Waals surface area contributed by atoms with E-state index in [0.29, 0.717) is 16.8 Å². The quantitative estimate of drug-likeness (QED) is 0.223. The molecule has 0 bridgehead atoms. The molecule has 3 aromatic carbocycles. The number of rotatable bonds is 7. The molecule has 0 spiro atoms. The SMILES string of the molecule is O=C(CCN1C(=O)c2cccc([N+](=O)[O-])c2C1=O)Nc1ccccc1-c1nc2cc([N+](=O)[O-])ccc2o1. The number of non-ortho nitro benzene ring substituents is 1. The van der Waals surface area contributed by atoms with Crippen LogP contribution in [0, 0.1) is 20.2 Å². The van der Waals surface area contributed by atoms with Crippen LogP contribution in [-0.2, 0) is 4.79 Å². The number of para-hydroxylation sites is 1. The lowest BCUT2D eigenvalue weighted by atomic mass is 10.1. The number of aromatic nitrogens is 1. The molecule has 5 rings (SSSR count). The molecule has 37 heavy (non-hydrogen) atoms. The van der Waals surface area contributed by atoms with Crippen LogP contribution in [-0.4, -0.2) is 44.0 Å². The monoisotopic (exact) mass is 501 g/mol. The van der Waals surface area contributed by atoms with Crippen LogP contribution in [0.2, 0.25) is 0 Å². The molecule has 0 saturated carbocycles. The Morgan fingerprint density at radius 3 is 2.46 bits per heavy atom. The largest absolute Gasteiger partial charge is 0.436 e. The number of anilines is 1. The second-order valence-electron chi connectivity index (χ2n) is 7.99. The van der Waals surface area contributed by atoms with Gasteiger partial charge in [-0.2, -0.15) is 0 Å². The standard InChI is InChI=1S/C24H15N5O8/c30-20(10-11-27-23(31)15-5-3-7-18(29(35)36)21(15)24(27)32)25-16-6-2-1-4-14(16)22-26-17-12-13(28(33)34)8-9-19(17)37-22/h1-9,12H,10-11H2,(H,25,30). The normalized spacial score (nSPS) is 12.6. The smallest absolute Gasteiger partial charge is 0.282 e. The van der Waals surface area contributed by atoms with Crippen LogP contribution in [0.5, 0.6) is 0 Å². The average Bonchev–Trinajstić information content (AvgIpc) is 3.41. The van der Waals surface area contributed by atoms with Crippen molar-refractivity contribution in [3.63, 3.8) is 0 Å².